The Balaban J connectivity index is 2.01. The Morgan fingerprint density at radius 2 is 1.92 bits per heavy atom. The van der Waals surface area contributed by atoms with E-state index in [2.05, 4.69) is 4.98 Å². The molecule has 0 aromatic carbocycles. The minimum atomic E-state index is -5.42. The molecule has 2 aromatic heterocycles. The minimum absolute atomic E-state index is 0.0254. The fourth-order valence-electron chi connectivity index (χ4n) is 4.76. The molecule has 5 nitrogen and oxygen atoms in total. The number of amides is 1. The summed E-state index contributed by atoms with van der Waals surface area (Å²) in [5.41, 5.74) is -1.24. The van der Waals surface area contributed by atoms with E-state index in [0.29, 0.717) is 4.88 Å². The highest BCUT2D eigenvalue weighted by molar-refractivity contribution is 7.10. The molecule has 0 saturated carbocycles. The molecule has 1 aliphatic heterocycles. The number of aromatic nitrogens is 1. The number of alkyl halides is 4. The zero-order valence-corrected chi connectivity index (χ0v) is 21.8. The molecule has 1 saturated heterocycles. The van der Waals surface area contributed by atoms with Crippen LogP contribution in [0.4, 0.5) is 26.7 Å². The summed E-state index contributed by atoms with van der Waals surface area (Å²) in [4.78, 5) is 18.9. The zero-order chi connectivity index (χ0) is 26.9. The lowest BCUT2D eigenvalue weighted by atomic mass is 9.72. The van der Waals surface area contributed by atoms with E-state index in [4.69, 9.17) is 4.74 Å². The van der Waals surface area contributed by atoms with Crippen molar-refractivity contribution < 1.29 is 31.5 Å². The summed E-state index contributed by atoms with van der Waals surface area (Å²) in [6, 6.07) is 6.37. The summed E-state index contributed by atoms with van der Waals surface area (Å²) in [5, 5.41) is 1.07. The number of thiophene rings is 1. The third-order valence-corrected chi connectivity index (χ3v) is 7.91. The van der Waals surface area contributed by atoms with Gasteiger partial charge in [-0.2, -0.15) is 17.6 Å². The summed E-state index contributed by atoms with van der Waals surface area (Å²) in [7, 11) is 0. The Morgan fingerprint density at radius 3 is 2.44 bits per heavy atom. The Labute approximate surface area is 212 Å². The molecule has 0 bridgehead atoms. The quantitative estimate of drug-likeness (QED) is 0.310. The van der Waals surface area contributed by atoms with Crippen LogP contribution < -0.4 is 5.32 Å². The smallest absolute Gasteiger partial charge is 0.442 e. The molecule has 2 aromatic rings. The second-order valence-electron chi connectivity index (χ2n) is 10.1. The van der Waals surface area contributed by atoms with Gasteiger partial charge in [-0.25, -0.2) is 9.18 Å². The van der Waals surface area contributed by atoms with Crippen molar-refractivity contribution in [3.05, 3.63) is 51.7 Å². The first kappa shape index (κ1) is 28.3. The van der Waals surface area contributed by atoms with E-state index in [1.54, 1.807) is 16.4 Å². The third kappa shape index (κ3) is 5.66. The van der Waals surface area contributed by atoms with E-state index in [0.717, 1.165) is 22.6 Å². The monoisotopic (exact) mass is 533 g/mol. The predicted molar refractivity (Wildman–Crippen MR) is 128 cm³/mol. The van der Waals surface area contributed by atoms with Gasteiger partial charge >= 0.3 is 12.3 Å². The van der Waals surface area contributed by atoms with E-state index < -0.39 is 40.3 Å². The van der Waals surface area contributed by atoms with Crippen molar-refractivity contribution in [2.24, 2.45) is 5.41 Å². The SMILES string of the molecule is Cc1ccc(C(C)(C)N2CCC(CCc3ccc(F)s3)(C(F)(NC(=O)OC(C)C)C(F)(F)F)C2)cn1. The minimum Gasteiger partial charge on any atom is -0.447 e. The number of pyridine rings is 1. The van der Waals surface area contributed by atoms with Gasteiger partial charge in [-0.1, -0.05) is 6.07 Å². The van der Waals surface area contributed by atoms with Crippen LogP contribution in [-0.2, 0) is 16.7 Å². The van der Waals surface area contributed by atoms with Crippen LogP contribution in [0.25, 0.3) is 0 Å². The average molecular weight is 534 g/mol. The maximum atomic E-state index is 16.4. The van der Waals surface area contributed by atoms with E-state index in [1.807, 2.05) is 32.9 Å². The van der Waals surface area contributed by atoms with Gasteiger partial charge in [0.05, 0.1) is 6.10 Å². The van der Waals surface area contributed by atoms with Gasteiger partial charge in [-0.15, -0.1) is 11.3 Å². The Hall–Kier alpha value is -2.27. The first-order valence-electron chi connectivity index (χ1n) is 11.8. The third-order valence-electron chi connectivity index (χ3n) is 6.98. The van der Waals surface area contributed by atoms with Crippen LogP contribution in [0.5, 0.6) is 0 Å². The molecule has 1 N–H and O–H groups in total. The first-order chi connectivity index (χ1) is 16.6. The van der Waals surface area contributed by atoms with Crippen molar-refractivity contribution >= 4 is 17.4 Å². The van der Waals surface area contributed by atoms with Crippen molar-refractivity contribution in [2.45, 2.75) is 77.5 Å². The van der Waals surface area contributed by atoms with Gasteiger partial charge in [0.1, 0.15) is 0 Å². The zero-order valence-electron chi connectivity index (χ0n) is 21.0. The Morgan fingerprint density at radius 1 is 1.22 bits per heavy atom. The molecule has 11 heteroatoms. The highest BCUT2D eigenvalue weighted by atomic mass is 32.1. The van der Waals surface area contributed by atoms with Crippen molar-refractivity contribution in [1.82, 2.24) is 15.2 Å². The highest BCUT2D eigenvalue weighted by Gasteiger charge is 2.71. The van der Waals surface area contributed by atoms with Crippen LogP contribution in [0.15, 0.2) is 30.5 Å². The number of carbonyl (C=O) groups is 1. The van der Waals surface area contributed by atoms with E-state index >= 15 is 4.39 Å². The van der Waals surface area contributed by atoms with Gasteiger partial charge in [-0.05, 0) is 84.2 Å². The van der Waals surface area contributed by atoms with Crippen LogP contribution in [0.3, 0.4) is 0 Å². The number of nitrogens with zero attached hydrogens (tertiary/aromatic N) is 2. The van der Waals surface area contributed by atoms with E-state index in [1.165, 1.54) is 26.0 Å². The number of alkyl carbamates (subject to hydrolysis) is 1. The van der Waals surface area contributed by atoms with Crippen LogP contribution in [0, 0.1) is 17.5 Å². The van der Waals surface area contributed by atoms with E-state index in [9.17, 15) is 22.4 Å². The molecule has 36 heavy (non-hydrogen) atoms. The maximum absolute atomic E-state index is 16.4. The van der Waals surface area contributed by atoms with Crippen molar-refractivity contribution in [3.63, 3.8) is 0 Å². The summed E-state index contributed by atoms with van der Waals surface area (Å²) in [5.74, 6) is -4.07. The normalized spacial score (nSPS) is 21.0. The second kappa shape index (κ2) is 10.2. The molecule has 0 spiro atoms. The lowest BCUT2D eigenvalue weighted by molar-refractivity contribution is -0.280. The number of ether oxygens (including phenoxy) is 1. The lowest BCUT2D eigenvalue weighted by Crippen LogP contribution is -2.67. The molecule has 1 amide bonds. The van der Waals surface area contributed by atoms with Gasteiger partial charge in [0.2, 0.25) is 0 Å². The summed E-state index contributed by atoms with van der Waals surface area (Å²) >= 11 is 0.811. The average Bonchev–Trinajstić information content (AvgIpc) is 3.38. The number of carbonyl (C=O) groups excluding carboxylic acids is 1. The number of nitrogens with one attached hydrogen (secondary N) is 1. The number of hydrogen-bond donors (Lipinski definition) is 1. The topological polar surface area (TPSA) is 54.5 Å². The molecule has 1 aliphatic rings. The molecule has 200 valence electrons. The summed E-state index contributed by atoms with van der Waals surface area (Å²) < 4.78 is 78.3. The Kier molecular flexibility index (Phi) is 8.05. The highest BCUT2D eigenvalue weighted by Crippen LogP contribution is 2.54. The van der Waals surface area contributed by atoms with Crippen molar-refractivity contribution in [3.8, 4) is 0 Å². The largest absolute Gasteiger partial charge is 0.447 e. The standard InChI is InChI=1S/C25H32F5N3O2S/c1-16(2)35-21(34)32-24(27,25(28,29)30)23(11-10-19-8-9-20(26)36-19)12-13-33(15-23)22(4,5)18-7-6-17(3)31-14-18/h6-9,14,16H,10-13,15H2,1-5H3,(H,32,34). The summed E-state index contributed by atoms with van der Waals surface area (Å²) in [6.07, 6.45) is -6.39. The predicted octanol–water partition coefficient (Wildman–Crippen LogP) is 6.51. The molecule has 2 atom stereocenters. The number of hydrogen-bond acceptors (Lipinski definition) is 5. The van der Waals surface area contributed by atoms with Gasteiger partial charge < -0.3 is 4.74 Å². The summed E-state index contributed by atoms with van der Waals surface area (Å²) in [6.45, 7) is 8.30. The second-order valence-corrected chi connectivity index (χ2v) is 11.3. The van der Waals surface area contributed by atoms with Gasteiger partial charge in [0.25, 0.3) is 5.79 Å². The van der Waals surface area contributed by atoms with Crippen molar-refractivity contribution in [1.29, 1.82) is 0 Å². The van der Waals surface area contributed by atoms with Crippen LogP contribution in [-0.4, -0.2) is 47.1 Å². The number of aryl methyl sites for hydroxylation is 2. The molecular weight excluding hydrogens is 501 g/mol. The van der Waals surface area contributed by atoms with E-state index in [-0.39, 0.29) is 32.4 Å². The molecule has 2 unspecified atom stereocenters. The molecule has 0 radical (unpaired) electrons. The molecule has 1 fully saturated rings. The Bertz CT molecular complexity index is 1060. The fraction of sp³-hybridized carbons (Fsp3) is 0.600. The van der Waals surface area contributed by atoms with Gasteiger partial charge in [0.15, 0.2) is 5.13 Å². The fourth-order valence-corrected chi connectivity index (χ4v) is 5.48. The van der Waals surface area contributed by atoms with Crippen LogP contribution in [0.2, 0.25) is 0 Å². The maximum Gasteiger partial charge on any atom is 0.442 e. The van der Waals surface area contributed by atoms with Gasteiger partial charge in [0, 0.05) is 34.3 Å². The van der Waals surface area contributed by atoms with Gasteiger partial charge in [-0.3, -0.25) is 15.2 Å². The number of likely N-dealkylation sites (tertiary alicyclic amines) is 1. The molecule has 0 aliphatic carbocycles. The number of rotatable bonds is 8. The van der Waals surface area contributed by atoms with Crippen LogP contribution in [0.1, 0.15) is 56.7 Å². The first-order valence-corrected chi connectivity index (χ1v) is 12.6. The number of halogens is 5. The molecule has 3 heterocycles. The lowest BCUT2D eigenvalue weighted by Gasteiger charge is -2.45. The molecule has 3 rings (SSSR count). The molecular formula is C25H32F5N3O2S. The van der Waals surface area contributed by atoms with Crippen molar-refractivity contribution in [2.75, 3.05) is 13.1 Å². The van der Waals surface area contributed by atoms with Crippen LogP contribution >= 0.6 is 11.3 Å².